The van der Waals surface area contributed by atoms with Crippen molar-refractivity contribution in [3.63, 3.8) is 0 Å². The van der Waals surface area contributed by atoms with Crippen molar-refractivity contribution in [2.45, 2.75) is 32.7 Å². The number of benzene rings is 3. The first kappa shape index (κ1) is 20.6. The molecule has 0 spiro atoms. The molecule has 2 N–H and O–H groups in total. The predicted molar refractivity (Wildman–Crippen MR) is 127 cm³/mol. The highest BCUT2D eigenvalue weighted by atomic mass is 16.5. The van der Waals surface area contributed by atoms with Crippen LogP contribution in [0.25, 0.3) is 22.0 Å². The smallest absolute Gasteiger partial charge is 0.119 e. The zero-order chi connectivity index (χ0) is 21.5. The van der Waals surface area contributed by atoms with Crippen LogP contribution in [0.1, 0.15) is 31.0 Å². The molecule has 0 radical (unpaired) electrons. The summed E-state index contributed by atoms with van der Waals surface area (Å²) in [5, 5.41) is 13.3. The Morgan fingerprint density at radius 1 is 0.968 bits per heavy atom. The average molecular weight is 410 g/mol. The minimum absolute atomic E-state index is 0.529. The van der Waals surface area contributed by atoms with Crippen molar-refractivity contribution < 1.29 is 4.74 Å². The van der Waals surface area contributed by atoms with Crippen LogP contribution in [-0.4, -0.2) is 11.6 Å². The molecule has 0 fully saturated rings. The van der Waals surface area contributed by atoms with Crippen molar-refractivity contribution >= 4 is 16.6 Å². The number of nitriles is 1. The van der Waals surface area contributed by atoms with E-state index in [1.807, 2.05) is 12.1 Å². The normalized spacial score (nSPS) is 10.7. The van der Waals surface area contributed by atoms with Gasteiger partial charge in [0.05, 0.1) is 12.7 Å². The van der Waals surface area contributed by atoms with Gasteiger partial charge in [-0.15, -0.1) is 0 Å². The zero-order valence-electron chi connectivity index (χ0n) is 17.8. The number of ether oxygens (including phenoxy) is 1. The molecule has 31 heavy (non-hydrogen) atoms. The van der Waals surface area contributed by atoms with E-state index < -0.39 is 0 Å². The number of aryl methyl sites for hydroxylation is 1. The van der Waals surface area contributed by atoms with Crippen molar-refractivity contribution in [2.24, 2.45) is 0 Å². The summed E-state index contributed by atoms with van der Waals surface area (Å²) in [6.07, 6.45) is 2.26. The van der Waals surface area contributed by atoms with Gasteiger partial charge in [0.25, 0.3) is 0 Å². The lowest BCUT2D eigenvalue weighted by Gasteiger charge is -2.10. The van der Waals surface area contributed by atoms with Crippen LogP contribution in [0.15, 0.2) is 72.8 Å². The molecule has 0 aliphatic carbocycles. The summed E-state index contributed by atoms with van der Waals surface area (Å²) in [7, 11) is 0. The molecule has 0 saturated carbocycles. The van der Waals surface area contributed by atoms with Gasteiger partial charge in [-0.3, -0.25) is 0 Å². The fourth-order valence-corrected chi connectivity index (χ4v) is 3.80. The Balaban J connectivity index is 1.39. The van der Waals surface area contributed by atoms with Crippen molar-refractivity contribution in [3.8, 4) is 22.9 Å². The second-order valence-electron chi connectivity index (χ2n) is 7.56. The number of H-pyrrole nitrogens is 1. The molecule has 4 rings (SSSR count). The van der Waals surface area contributed by atoms with Gasteiger partial charge in [0.1, 0.15) is 5.75 Å². The molecule has 0 aliphatic heterocycles. The number of fused-ring (bicyclic) bond motifs is 1. The van der Waals surface area contributed by atoms with Crippen LogP contribution in [0.3, 0.4) is 0 Å². The number of rotatable bonds is 9. The van der Waals surface area contributed by atoms with Gasteiger partial charge in [-0.2, -0.15) is 5.26 Å². The second-order valence-corrected chi connectivity index (χ2v) is 7.56. The third-order valence-electron chi connectivity index (χ3n) is 5.43. The van der Waals surface area contributed by atoms with Crippen molar-refractivity contribution in [3.05, 3.63) is 84.1 Å². The molecule has 1 heterocycles. The summed E-state index contributed by atoms with van der Waals surface area (Å²) in [6.45, 7) is 3.52. The molecule has 1 aromatic heterocycles. The number of aromatic nitrogens is 1. The van der Waals surface area contributed by atoms with Crippen LogP contribution in [-0.2, 0) is 13.0 Å². The lowest BCUT2D eigenvalue weighted by molar-refractivity contribution is 0.312. The molecule has 0 atom stereocenters. The Kier molecular flexibility index (Phi) is 6.54. The van der Waals surface area contributed by atoms with Gasteiger partial charge in [0.2, 0.25) is 0 Å². The molecule has 4 nitrogen and oxygen atoms in total. The lowest BCUT2D eigenvalue weighted by Crippen LogP contribution is -2.00. The molecule has 0 saturated heterocycles. The third kappa shape index (κ3) is 4.90. The van der Waals surface area contributed by atoms with Crippen LogP contribution in [0, 0.1) is 11.3 Å². The molecule has 4 aromatic rings. The number of nitrogens with one attached hydrogen (secondary N) is 2. The fourth-order valence-electron chi connectivity index (χ4n) is 3.80. The van der Waals surface area contributed by atoms with E-state index in [2.05, 4.69) is 84.0 Å². The van der Waals surface area contributed by atoms with Crippen molar-refractivity contribution in [1.82, 2.24) is 4.98 Å². The van der Waals surface area contributed by atoms with E-state index in [-0.39, 0.29) is 0 Å². The van der Waals surface area contributed by atoms with Gasteiger partial charge >= 0.3 is 0 Å². The number of hydrogen-bond donors (Lipinski definition) is 2. The van der Waals surface area contributed by atoms with Gasteiger partial charge in [-0.1, -0.05) is 49.4 Å². The summed E-state index contributed by atoms with van der Waals surface area (Å²) in [6, 6.07) is 27.4. The molecule has 4 heteroatoms. The Bertz CT molecular complexity index is 1170. The molecule has 0 aliphatic rings. The average Bonchev–Trinajstić information content (AvgIpc) is 3.20. The van der Waals surface area contributed by atoms with Gasteiger partial charge in [-0.05, 0) is 54.3 Å². The number of hydrogen-bond acceptors (Lipinski definition) is 3. The number of nitrogens with zero attached hydrogens (tertiary/aromatic N) is 1. The lowest BCUT2D eigenvalue weighted by atomic mass is 10.0. The van der Waals surface area contributed by atoms with E-state index in [0.717, 1.165) is 30.8 Å². The van der Waals surface area contributed by atoms with Crippen LogP contribution in [0.2, 0.25) is 0 Å². The molecule has 0 bridgehead atoms. The first-order valence-electron chi connectivity index (χ1n) is 10.8. The minimum atomic E-state index is 0.529. The summed E-state index contributed by atoms with van der Waals surface area (Å²) in [5.74, 6) is 0.844. The second kappa shape index (κ2) is 9.86. The highest BCUT2D eigenvalue weighted by Crippen LogP contribution is 2.33. The van der Waals surface area contributed by atoms with Crippen LogP contribution in [0.5, 0.6) is 5.75 Å². The monoisotopic (exact) mass is 409 g/mol. The van der Waals surface area contributed by atoms with Gasteiger partial charge < -0.3 is 15.0 Å². The first-order valence-corrected chi connectivity index (χ1v) is 10.8. The molecule has 0 unspecified atom stereocenters. The summed E-state index contributed by atoms with van der Waals surface area (Å²) < 4.78 is 5.65. The van der Waals surface area contributed by atoms with Crippen LogP contribution < -0.4 is 10.1 Å². The standard InChI is InChI=1S/C27H27N3O/c1-2-25-27(24-7-3-4-8-26(24)30-25)21-11-13-22(14-12-21)29-19-20-9-15-23(16-10-20)31-18-6-5-17-28/h3-4,7-16,29-30H,2,5-6,18-19H2,1H3. The highest BCUT2D eigenvalue weighted by molar-refractivity contribution is 5.97. The van der Waals surface area contributed by atoms with Gasteiger partial charge in [0, 0.05) is 40.8 Å². The number of para-hydroxylation sites is 1. The Morgan fingerprint density at radius 2 is 1.74 bits per heavy atom. The van der Waals surface area contributed by atoms with E-state index in [1.165, 1.54) is 33.3 Å². The number of anilines is 1. The van der Waals surface area contributed by atoms with Crippen molar-refractivity contribution in [1.29, 1.82) is 5.26 Å². The Labute approximate surface area is 183 Å². The quantitative estimate of drug-likeness (QED) is 0.303. The van der Waals surface area contributed by atoms with Crippen LogP contribution >= 0.6 is 0 Å². The van der Waals surface area contributed by atoms with E-state index in [9.17, 15) is 0 Å². The maximum Gasteiger partial charge on any atom is 0.119 e. The Morgan fingerprint density at radius 3 is 2.48 bits per heavy atom. The van der Waals surface area contributed by atoms with E-state index in [0.29, 0.717) is 13.0 Å². The maximum absolute atomic E-state index is 8.57. The number of unbranched alkanes of at least 4 members (excludes halogenated alkanes) is 1. The van der Waals surface area contributed by atoms with Crippen LogP contribution in [0.4, 0.5) is 5.69 Å². The molecular weight excluding hydrogens is 382 g/mol. The molecular formula is C27H27N3O. The summed E-state index contributed by atoms with van der Waals surface area (Å²) in [4.78, 5) is 3.56. The fraction of sp³-hybridized carbons (Fsp3) is 0.222. The number of aromatic amines is 1. The summed E-state index contributed by atoms with van der Waals surface area (Å²) in [5.41, 5.74) is 7.29. The van der Waals surface area contributed by atoms with E-state index in [4.69, 9.17) is 10.00 Å². The molecule has 156 valence electrons. The SMILES string of the molecule is CCc1[nH]c2ccccc2c1-c1ccc(NCc2ccc(OCCCC#N)cc2)cc1. The van der Waals surface area contributed by atoms with E-state index >= 15 is 0 Å². The summed E-state index contributed by atoms with van der Waals surface area (Å²) >= 11 is 0. The predicted octanol–water partition coefficient (Wildman–Crippen LogP) is 6.69. The third-order valence-corrected chi connectivity index (χ3v) is 5.43. The van der Waals surface area contributed by atoms with Gasteiger partial charge in [0.15, 0.2) is 0 Å². The zero-order valence-corrected chi connectivity index (χ0v) is 17.8. The topological polar surface area (TPSA) is 60.8 Å². The largest absolute Gasteiger partial charge is 0.494 e. The first-order chi connectivity index (χ1) is 15.3. The maximum atomic E-state index is 8.57. The Hall–Kier alpha value is -3.71. The minimum Gasteiger partial charge on any atom is -0.494 e. The molecule has 3 aromatic carbocycles. The van der Waals surface area contributed by atoms with Crippen molar-refractivity contribution in [2.75, 3.05) is 11.9 Å². The highest BCUT2D eigenvalue weighted by Gasteiger charge is 2.11. The van der Waals surface area contributed by atoms with Gasteiger partial charge in [-0.25, -0.2) is 0 Å². The van der Waals surface area contributed by atoms with E-state index in [1.54, 1.807) is 0 Å². The molecule has 0 amide bonds.